The number of anilines is 1. The van der Waals surface area contributed by atoms with E-state index in [4.69, 9.17) is 5.73 Å². The normalized spacial score (nSPS) is 12.6. The van der Waals surface area contributed by atoms with Gasteiger partial charge in [0.25, 0.3) is 0 Å². The first kappa shape index (κ1) is 16.9. The predicted octanol–water partition coefficient (Wildman–Crippen LogP) is 3.34. The van der Waals surface area contributed by atoms with Gasteiger partial charge in [-0.25, -0.2) is 19.0 Å². The van der Waals surface area contributed by atoms with Crippen LogP contribution in [0.3, 0.4) is 0 Å². The minimum absolute atomic E-state index is 0.0514. The highest BCUT2D eigenvalue weighted by Gasteiger charge is 2.21. The fourth-order valence-electron chi connectivity index (χ4n) is 3.00. The van der Waals surface area contributed by atoms with Crippen LogP contribution in [0.4, 0.5) is 10.2 Å². The van der Waals surface area contributed by atoms with Crippen molar-refractivity contribution in [1.29, 1.82) is 0 Å². The number of aromatic nitrogens is 6. The molecule has 0 aliphatic heterocycles. The molecule has 3 aromatic heterocycles. The molecule has 0 aliphatic rings. The van der Waals surface area contributed by atoms with Gasteiger partial charge >= 0.3 is 0 Å². The second-order valence-corrected chi connectivity index (χ2v) is 6.99. The van der Waals surface area contributed by atoms with Gasteiger partial charge < -0.3 is 10.3 Å². The monoisotopic (exact) mass is 463 g/mol. The number of nitrogens with two attached hydrogens (primary N) is 1. The van der Waals surface area contributed by atoms with Gasteiger partial charge in [0.1, 0.15) is 29.3 Å². The third-order valence-electron chi connectivity index (χ3n) is 4.26. The van der Waals surface area contributed by atoms with Gasteiger partial charge in [-0.1, -0.05) is 12.1 Å². The summed E-state index contributed by atoms with van der Waals surface area (Å²) in [5.74, 6) is 0.175. The molecule has 0 aliphatic carbocycles. The number of benzene rings is 1. The molecule has 132 valence electrons. The molecular weight excluding hydrogens is 448 g/mol. The van der Waals surface area contributed by atoms with E-state index in [0.29, 0.717) is 5.82 Å². The van der Waals surface area contributed by atoms with E-state index in [0.717, 1.165) is 32.4 Å². The first-order chi connectivity index (χ1) is 12.6. The van der Waals surface area contributed by atoms with Crippen LogP contribution in [0.1, 0.15) is 25.1 Å². The van der Waals surface area contributed by atoms with Gasteiger partial charge in [-0.3, -0.25) is 0 Å². The lowest BCUT2D eigenvalue weighted by molar-refractivity contribution is 0.563. The predicted molar refractivity (Wildman–Crippen MR) is 104 cm³/mol. The molecule has 1 unspecified atom stereocenters. The first-order valence-corrected chi connectivity index (χ1v) is 9.11. The highest BCUT2D eigenvalue weighted by atomic mass is 127. The molecule has 0 amide bonds. The van der Waals surface area contributed by atoms with Crippen molar-refractivity contribution in [3.8, 4) is 5.69 Å². The molecular formula is C17H15FIN7. The number of hydrogen-bond acceptors (Lipinski definition) is 5. The molecule has 4 aromatic rings. The smallest absolute Gasteiger partial charge is 0.147 e. The van der Waals surface area contributed by atoms with Crippen molar-refractivity contribution < 1.29 is 4.39 Å². The van der Waals surface area contributed by atoms with Crippen molar-refractivity contribution in [3.05, 3.63) is 58.1 Å². The topological polar surface area (TPSA) is 87.4 Å². The van der Waals surface area contributed by atoms with E-state index in [1.54, 1.807) is 16.8 Å². The Labute approximate surface area is 162 Å². The van der Waals surface area contributed by atoms with Crippen molar-refractivity contribution in [1.82, 2.24) is 29.5 Å². The van der Waals surface area contributed by atoms with Crippen molar-refractivity contribution in [2.75, 3.05) is 5.73 Å². The maximum Gasteiger partial charge on any atom is 0.147 e. The molecule has 0 saturated carbocycles. The van der Waals surface area contributed by atoms with E-state index in [1.165, 1.54) is 18.5 Å². The van der Waals surface area contributed by atoms with Gasteiger partial charge in [0, 0.05) is 9.77 Å². The fourth-order valence-corrected chi connectivity index (χ4v) is 3.82. The van der Waals surface area contributed by atoms with Crippen molar-refractivity contribution in [2.24, 2.45) is 0 Å². The van der Waals surface area contributed by atoms with Crippen LogP contribution in [0.5, 0.6) is 0 Å². The summed E-state index contributed by atoms with van der Waals surface area (Å²) in [6.07, 6.45) is 6.12. The zero-order valence-electron chi connectivity index (χ0n) is 13.8. The minimum Gasteiger partial charge on any atom is -0.383 e. The summed E-state index contributed by atoms with van der Waals surface area (Å²) in [5.41, 5.74) is 8.32. The highest BCUT2D eigenvalue weighted by molar-refractivity contribution is 14.1. The Morgan fingerprint density at radius 3 is 2.69 bits per heavy atom. The molecule has 0 bridgehead atoms. The van der Waals surface area contributed by atoms with Gasteiger partial charge in [-0.05, 0) is 53.3 Å². The number of fused-ring (bicyclic) bond motifs is 1. The van der Waals surface area contributed by atoms with Gasteiger partial charge in [0.05, 0.1) is 23.3 Å². The summed E-state index contributed by atoms with van der Waals surface area (Å²) in [5, 5.41) is 9.35. The lowest BCUT2D eigenvalue weighted by atomic mass is 10.1. The summed E-state index contributed by atoms with van der Waals surface area (Å²) < 4.78 is 17.8. The van der Waals surface area contributed by atoms with Gasteiger partial charge in [-0.2, -0.15) is 0 Å². The van der Waals surface area contributed by atoms with Gasteiger partial charge in [0.15, 0.2) is 0 Å². The zero-order chi connectivity index (χ0) is 18.3. The number of nitrogen functional groups attached to an aromatic ring is 1. The van der Waals surface area contributed by atoms with Crippen molar-refractivity contribution >= 4 is 39.4 Å². The Balaban J connectivity index is 1.77. The summed E-state index contributed by atoms with van der Waals surface area (Å²) in [4.78, 5) is 8.48. The second-order valence-electron chi connectivity index (χ2n) is 5.83. The SMILES string of the molecule is CCC(c1cn(-c2ccc(F)cc2)nn1)n1cc(I)c2c(N)ncnc21. The molecule has 0 fully saturated rings. The van der Waals surface area contributed by atoms with Crippen LogP contribution < -0.4 is 5.73 Å². The second kappa shape index (κ2) is 6.63. The van der Waals surface area contributed by atoms with Crippen LogP contribution >= 0.6 is 22.6 Å². The first-order valence-electron chi connectivity index (χ1n) is 8.03. The summed E-state index contributed by atoms with van der Waals surface area (Å²) in [6, 6.07) is 6.07. The number of halogens is 2. The van der Waals surface area contributed by atoms with E-state index < -0.39 is 0 Å². The molecule has 0 radical (unpaired) electrons. The Morgan fingerprint density at radius 1 is 1.19 bits per heavy atom. The average molecular weight is 463 g/mol. The third kappa shape index (κ3) is 2.81. The van der Waals surface area contributed by atoms with Crippen LogP contribution in [-0.2, 0) is 0 Å². The third-order valence-corrected chi connectivity index (χ3v) is 5.08. The maximum absolute atomic E-state index is 13.1. The molecule has 26 heavy (non-hydrogen) atoms. The molecule has 9 heteroatoms. The summed E-state index contributed by atoms with van der Waals surface area (Å²) in [6.45, 7) is 2.07. The van der Waals surface area contributed by atoms with E-state index in [1.807, 2.05) is 17.0 Å². The van der Waals surface area contributed by atoms with Gasteiger partial charge in [-0.15, -0.1) is 5.10 Å². The Bertz CT molecular complexity index is 1070. The Morgan fingerprint density at radius 2 is 1.96 bits per heavy atom. The van der Waals surface area contributed by atoms with Crippen molar-refractivity contribution in [2.45, 2.75) is 19.4 Å². The minimum atomic E-state index is -0.286. The van der Waals surface area contributed by atoms with Gasteiger partial charge in [0.2, 0.25) is 0 Å². The zero-order valence-corrected chi connectivity index (χ0v) is 16.0. The molecule has 2 N–H and O–H groups in total. The lowest BCUT2D eigenvalue weighted by Gasteiger charge is -2.15. The van der Waals surface area contributed by atoms with E-state index in [2.05, 4.69) is 49.8 Å². The van der Waals surface area contributed by atoms with Crippen LogP contribution in [0.15, 0.2) is 43.0 Å². The molecule has 4 rings (SSSR count). The molecule has 0 spiro atoms. The molecule has 0 saturated heterocycles. The van der Waals surface area contributed by atoms with E-state index >= 15 is 0 Å². The van der Waals surface area contributed by atoms with E-state index in [-0.39, 0.29) is 11.9 Å². The quantitative estimate of drug-likeness (QED) is 0.470. The number of rotatable bonds is 4. The molecule has 1 atom stereocenters. The fraction of sp³-hybridized carbons (Fsp3) is 0.176. The number of nitrogens with zero attached hydrogens (tertiary/aromatic N) is 6. The Kier molecular flexibility index (Phi) is 4.31. The average Bonchev–Trinajstić information content (AvgIpc) is 3.23. The van der Waals surface area contributed by atoms with Crippen LogP contribution in [-0.4, -0.2) is 29.5 Å². The summed E-state index contributed by atoms with van der Waals surface area (Å²) >= 11 is 2.23. The van der Waals surface area contributed by atoms with Crippen LogP contribution in [0.25, 0.3) is 16.7 Å². The van der Waals surface area contributed by atoms with Crippen molar-refractivity contribution in [3.63, 3.8) is 0 Å². The van der Waals surface area contributed by atoms with Crippen LogP contribution in [0.2, 0.25) is 0 Å². The van der Waals surface area contributed by atoms with Crippen LogP contribution in [0, 0.1) is 9.39 Å². The molecule has 1 aromatic carbocycles. The maximum atomic E-state index is 13.1. The summed E-state index contributed by atoms with van der Waals surface area (Å²) in [7, 11) is 0. The number of hydrogen-bond donors (Lipinski definition) is 1. The standard InChI is InChI=1S/C17H15FIN7/c1-2-14(25-7-12(19)15-16(20)21-9-22-17(15)25)13-8-26(24-23-13)11-5-3-10(18)4-6-11/h3-9,14H,2H2,1H3,(H2,20,21,22). The molecule has 3 heterocycles. The highest BCUT2D eigenvalue weighted by Crippen LogP contribution is 2.31. The van der Waals surface area contributed by atoms with E-state index in [9.17, 15) is 4.39 Å². The molecule has 7 nitrogen and oxygen atoms in total. The largest absolute Gasteiger partial charge is 0.383 e. The Hall–Kier alpha value is -2.56. The lowest BCUT2D eigenvalue weighted by Crippen LogP contribution is -2.10.